The van der Waals surface area contributed by atoms with Gasteiger partial charge in [0.2, 0.25) is 0 Å². The highest BCUT2D eigenvalue weighted by Gasteiger charge is 2.28. The molecule has 4 rings (SSSR count). The summed E-state index contributed by atoms with van der Waals surface area (Å²) in [6.45, 7) is -0.500. The summed E-state index contributed by atoms with van der Waals surface area (Å²) >= 11 is 0. The van der Waals surface area contributed by atoms with Gasteiger partial charge in [0.1, 0.15) is 4.90 Å². The second-order valence-corrected chi connectivity index (χ2v) is 10.0. The van der Waals surface area contributed by atoms with Gasteiger partial charge in [-0.3, -0.25) is 9.10 Å². The molecule has 0 saturated heterocycles. The van der Waals surface area contributed by atoms with E-state index < -0.39 is 28.5 Å². The monoisotopic (exact) mass is 478 g/mol. The molecule has 0 fully saturated rings. The normalized spacial score (nSPS) is 15.1. The van der Waals surface area contributed by atoms with Crippen molar-refractivity contribution in [1.82, 2.24) is 5.32 Å². The molecule has 1 amide bonds. The maximum absolute atomic E-state index is 13.2. The number of anilines is 1. The molecule has 1 aliphatic rings. The second kappa shape index (κ2) is 10.1. The fourth-order valence-corrected chi connectivity index (χ4v) is 5.51. The summed E-state index contributed by atoms with van der Waals surface area (Å²) in [6.07, 6.45) is 2.74. The van der Waals surface area contributed by atoms with Crippen molar-refractivity contribution in [3.8, 4) is 0 Å². The van der Waals surface area contributed by atoms with Crippen molar-refractivity contribution < 1.29 is 22.7 Å². The number of benzene rings is 3. The van der Waals surface area contributed by atoms with Crippen molar-refractivity contribution in [3.63, 3.8) is 0 Å². The Morgan fingerprint density at radius 1 is 0.971 bits per heavy atom. The number of carbonyl (C=O) groups excluding carboxylic acids is 2. The minimum atomic E-state index is -4.03. The number of amides is 1. The van der Waals surface area contributed by atoms with Crippen LogP contribution in [-0.4, -0.2) is 33.9 Å². The fourth-order valence-electron chi connectivity index (χ4n) is 4.13. The van der Waals surface area contributed by atoms with E-state index >= 15 is 0 Å². The number of aryl methyl sites for hydroxylation is 1. The lowest BCUT2D eigenvalue weighted by Gasteiger charge is -2.26. The summed E-state index contributed by atoms with van der Waals surface area (Å²) in [6, 6.07) is 22.2. The number of carbonyl (C=O) groups is 2. The Morgan fingerprint density at radius 3 is 2.44 bits per heavy atom. The molecule has 0 saturated carbocycles. The van der Waals surface area contributed by atoms with Crippen molar-refractivity contribution in [2.45, 2.75) is 30.2 Å². The summed E-state index contributed by atoms with van der Waals surface area (Å²) < 4.78 is 32.7. The highest BCUT2D eigenvalue weighted by molar-refractivity contribution is 7.92. The molecule has 1 unspecified atom stereocenters. The number of fused-ring (bicyclic) bond motifs is 1. The second-order valence-electron chi connectivity index (χ2n) is 8.09. The van der Waals surface area contributed by atoms with Gasteiger partial charge in [-0.2, -0.15) is 0 Å². The van der Waals surface area contributed by atoms with Gasteiger partial charge < -0.3 is 10.1 Å². The van der Waals surface area contributed by atoms with E-state index in [1.807, 2.05) is 18.2 Å². The molecular formula is C26H26N2O5S. The molecule has 0 aromatic heterocycles. The molecule has 0 aliphatic heterocycles. The molecule has 0 spiro atoms. The molecule has 0 heterocycles. The lowest BCUT2D eigenvalue weighted by Crippen LogP contribution is -2.34. The molecule has 176 valence electrons. The Kier molecular flexibility index (Phi) is 6.98. The first kappa shape index (κ1) is 23.5. The molecule has 1 atom stereocenters. The number of para-hydroxylation sites is 1. The summed E-state index contributed by atoms with van der Waals surface area (Å²) in [4.78, 5) is 25.1. The van der Waals surface area contributed by atoms with Crippen LogP contribution in [0.15, 0.2) is 83.8 Å². The summed E-state index contributed by atoms with van der Waals surface area (Å²) in [5.74, 6) is -1.31. The van der Waals surface area contributed by atoms with E-state index in [4.69, 9.17) is 4.74 Å². The van der Waals surface area contributed by atoms with Crippen molar-refractivity contribution in [2.75, 3.05) is 18.0 Å². The van der Waals surface area contributed by atoms with Crippen LogP contribution in [0.25, 0.3) is 0 Å². The van der Waals surface area contributed by atoms with Crippen LogP contribution in [0.2, 0.25) is 0 Å². The van der Waals surface area contributed by atoms with Crippen LogP contribution in [0.1, 0.15) is 40.4 Å². The Balaban J connectivity index is 1.45. The number of hydrogen-bond donors (Lipinski definition) is 1. The quantitative estimate of drug-likeness (QED) is 0.521. The molecule has 3 aromatic carbocycles. The zero-order chi connectivity index (χ0) is 24.1. The molecule has 1 aliphatic carbocycles. The number of rotatable bonds is 7. The van der Waals surface area contributed by atoms with Gasteiger partial charge >= 0.3 is 5.97 Å². The number of ether oxygens (including phenoxy) is 1. The number of nitrogens with one attached hydrogen (secondary N) is 1. The largest absolute Gasteiger partial charge is 0.452 e. The van der Waals surface area contributed by atoms with Gasteiger partial charge in [-0.15, -0.1) is 0 Å². The maximum atomic E-state index is 13.2. The molecule has 7 nitrogen and oxygen atoms in total. The topological polar surface area (TPSA) is 92.8 Å². The maximum Gasteiger partial charge on any atom is 0.340 e. The van der Waals surface area contributed by atoms with Crippen LogP contribution in [-0.2, 0) is 26.0 Å². The lowest BCUT2D eigenvalue weighted by molar-refractivity contribution is -0.125. The van der Waals surface area contributed by atoms with Gasteiger partial charge in [0.15, 0.2) is 6.61 Å². The average molecular weight is 479 g/mol. The van der Waals surface area contributed by atoms with E-state index in [0.717, 1.165) is 29.1 Å². The van der Waals surface area contributed by atoms with E-state index in [1.54, 1.807) is 36.4 Å². The summed E-state index contributed by atoms with van der Waals surface area (Å²) in [5, 5.41) is 2.92. The van der Waals surface area contributed by atoms with Crippen LogP contribution in [0, 0.1) is 0 Å². The van der Waals surface area contributed by atoms with Crippen molar-refractivity contribution in [1.29, 1.82) is 0 Å². The zero-order valence-electron chi connectivity index (χ0n) is 18.8. The van der Waals surface area contributed by atoms with Crippen molar-refractivity contribution >= 4 is 27.6 Å². The molecule has 34 heavy (non-hydrogen) atoms. The lowest BCUT2D eigenvalue weighted by atomic mass is 9.88. The third kappa shape index (κ3) is 4.97. The molecular weight excluding hydrogens is 452 g/mol. The van der Waals surface area contributed by atoms with Crippen molar-refractivity contribution in [3.05, 3.63) is 95.6 Å². The van der Waals surface area contributed by atoms with Crippen LogP contribution in [0.5, 0.6) is 0 Å². The van der Waals surface area contributed by atoms with E-state index in [9.17, 15) is 18.0 Å². The van der Waals surface area contributed by atoms with E-state index in [2.05, 4.69) is 11.4 Å². The predicted molar refractivity (Wildman–Crippen MR) is 129 cm³/mol. The Bertz CT molecular complexity index is 1290. The molecule has 1 N–H and O–H groups in total. The first-order chi connectivity index (χ1) is 16.4. The third-order valence-electron chi connectivity index (χ3n) is 5.90. The Labute approximate surface area is 199 Å². The zero-order valence-corrected chi connectivity index (χ0v) is 19.6. The fraction of sp³-hybridized carbons (Fsp3) is 0.231. The molecule has 8 heteroatoms. The van der Waals surface area contributed by atoms with Gasteiger partial charge in [0, 0.05) is 7.05 Å². The first-order valence-corrected chi connectivity index (χ1v) is 12.5. The van der Waals surface area contributed by atoms with Crippen LogP contribution < -0.4 is 9.62 Å². The number of esters is 1. The van der Waals surface area contributed by atoms with E-state index in [0.29, 0.717) is 5.69 Å². The number of sulfonamides is 1. The van der Waals surface area contributed by atoms with Gasteiger partial charge in [0.25, 0.3) is 15.9 Å². The molecule has 3 aromatic rings. The molecule has 0 bridgehead atoms. The first-order valence-electron chi connectivity index (χ1n) is 11.0. The van der Waals surface area contributed by atoms with Crippen LogP contribution in [0.4, 0.5) is 5.69 Å². The van der Waals surface area contributed by atoms with Gasteiger partial charge in [-0.1, -0.05) is 54.6 Å². The SMILES string of the molecule is CN(c1ccccc1)S(=O)(=O)c1ccccc1C(=O)OCC(=O)NC1CCCc2ccccc21. The van der Waals surface area contributed by atoms with Crippen LogP contribution in [0.3, 0.4) is 0 Å². The third-order valence-corrected chi connectivity index (χ3v) is 7.75. The standard InChI is InChI=1S/C26H26N2O5S/c1-28(20-12-3-2-4-13-20)34(31,32)24-17-8-7-15-22(24)26(30)33-18-25(29)27-23-16-9-11-19-10-5-6-14-21(19)23/h2-8,10,12-15,17,23H,9,11,16,18H2,1H3,(H,27,29). The van der Waals surface area contributed by atoms with E-state index in [-0.39, 0.29) is 16.5 Å². The number of nitrogens with zero attached hydrogens (tertiary/aromatic N) is 1. The predicted octanol–water partition coefficient (Wildman–Crippen LogP) is 3.86. The highest BCUT2D eigenvalue weighted by atomic mass is 32.2. The Hall–Kier alpha value is -3.65. The number of hydrogen-bond acceptors (Lipinski definition) is 5. The summed E-state index contributed by atoms with van der Waals surface area (Å²) in [7, 11) is -2.61. The minimum Gasteiger partial charge on any atom is -0.452 e. The van der Waals surface area contributed by atoms with Gasteiger partial charge in [0.05, 0.1) is 17.3 Å². The molecule has 0 radical (unpaired) electrons. The minimum absolute atomic E-state index is 0.124. The highest BCUT2D eigenvalue weighted by Crippen LogP contribution is 2.29. The summed E-state index contributed by atoms with van der Waals surface area (Å²) in [5.41, 5.74) is 2.62. The smallest absolute Gasteiger partial charge is 0.340 e. The van der Waals surface area contributed by atoms with Crippen LogP contribution >= 0.6 is 0 Å². The van der Waals surface area contributed by atoms with Crippen molar-refractivity contribution in [2.24, 2.45) is 0 Å². The Morgan fingerprint density at radius 2 is 1.65 bits per heavy atom. The van der Waals surface area contributed by atoms with Gasteiger partial charge in [-0.05, 0) is 54.7 Å². The van der Waals surface area contributed by atoms with Gasteiger partial charge in [-0.25, -0.2) is 13.2 Å². The van der Waals surface area contributed by atoms with E-state index in [1.165, 1.54) is 30.8 Å². The average Bonchev–Trinajstić information content (AvgIpc) is 2.87.